The van der Waals surface area contributed by atoms with E-state index in [4.69, 9.17) is 0 Å². The van der Waals surface area contributed by atoms with Gasteiger partial charge in [0.15, 0.2) is 0 Å². The Balaban J connectivity index is 2.56. The predicted octanol–water partition coefficient (Wildman–Crippen LogP) is 0.473. The van der Waals surface area contributed by atoms with Gasteiger partial charge in [-0.1, -0.05) is 0 Å². The average molecular weight is 151 g/mol. The third-order valence-electron chi connectivity index (χ3n) is 1.63. The molecule has 0 amide bonds. The molecular formula is C9H15N2+. The molecule has 0 fully saturated rings. The summed E-state index contributed by atoms with van der Waals surface area (Å²) in [6.07, 6.45) is 1.87. The zero-order valence-electron chi connectivity index (χ0n) is 7.17. The fourth-order valence-electron chi connectivity index (χ4n) is 1.04. The van der Waals surface area contributed by atoms with Gasteiger partial charge < -0.3 is 5.32 Å². The Morgan fingerprint density at radius 1 is 1.55 bits per heavy atom. The minimum absolute atomic E-state index is 1.07. The van der Waals surface area contributed by atoms with Gasteiger partial charge in [-0.05, 0) is 26.0 Å². The molecule has 60 valence electrons. The third kappa shape index (κ3) is 2.68. The van der Waals surface area contributed by atoms with E-state index in [2.05, 4.69) is 29.4 Å². The van der Waals surface area contributed by atoms with Gasteiger partial charge in [0.05, 0.1) is 6.54 Å². The van der Waals surface area contributed by atoms with Crippen LogP contribution in [0.3, 0.4) is 0 Å². The Labute approximate surface area is 67.7 Å². The molecule has 0 saturated heterocycles. The van der Waals surface area contributed by atoms with Crippen molar-refractivity contribution in [1.29, 1.82) is 0 Å². The van der Waals surface area contributed by atoms with Crippen LogP contribution in [0.25, 0.3) is 0 Å². The van der Waals surface area contributed by atoms with Crippen LogP contribution in [-0.2, 0) is 6.54 Å². The number of hydrogen-bond acceptors (Lipinski definition) is 1. The number of quaternary nitrogens is 1. The highest BCUT2D eigenvalue weighted by Crippen LogP contribution is 1.97. The molecule has 0 radical (unpaired) electrons. The molecule has 0 aliphatic carbocycles. The smallest absolute Gasteiger partial charge is 0.101 e. The van der Waals surface area contributed by atoms with Crippen LogP contribution in [-0.4, -0.2) is 11.5 Å². The fraction of sp³-hybridized carbons (Fsp3) is 0.444. The quantitative estimate of drug-likeness (QED) is 0.668. The lowest BCUT2D eigenvalue weighted by atomic mass is 10.2. The molecule has 2 nitrogen and oxygen atoms in total. The number of aryl methyl sites for hydroxylation is 1. The van der Waals surface area contributed by atoms with Crippen LogP contribution in [0.5, 0.6) is 0 Å². The molecule has 0 aliphatic rings. The minimum atomic E-state index is 1.07. The van der Waals surface area contributed by atoms with Crippen LogP contribution in [0.2, 0.25) is 0 Å². The maximum Gasteiger partial charge on any atom is 0.101 e. The molecule has 1 rings (SSSR count). The molecule has 1 aromatic rings. The van der Waals surface area contributed by atoms with Gasteiger partial charge in [0, 0.05) is 17.5 Å². The highest BCUT2D eigenvalue weighted by atomic mass is 14.8. The maximum atomic E-state index is 4.13. The lowest BCUT2D eigenvalue weighted by molar-refractivity contribution is -0.667. The van der Waals surface area contributed by atoms with Gasteiger partial charge in [0.1, 0.15) is 6.54 Å². The summed E-state index contributed by atoms with van der Waals surface area (Å²) in [5.74, 6) is 0. The number of rotatable bonds is 3. The molecule has 0 aliphatic heterocycles. The SMILES string of the molecule is CC[NH2+]Cc1ccnc(C)c1. The van der Waals surface area contributed by atoms with E-state index in [0.717, 1.165) is 18.8 Å². The Bertz CT molecular complexity index is 221. The summed E-state index contributed by atoms with van der Waals surface area (Å²) in [6, 6.07) is 4.20. The van der Waals surface area contributed by atoms with E-state index in [1.165, 1.54) is 5.56 Å². The second-order valence-electron chi connectivity index (χ2n) is 2.71. The first-order chi connectivity index (χ1) is 5.33. The largest absolute Gasteiger partial charge is 0.343 e. The number of pyridine rings is 1. The van der Waals surface area contributed by atoms with Crippen molar-refractivity contribution in [3.05, 3.63) is 29.6 Å². The van der Waals surface area contributed by atoms with Crippen molar-refractivity contribution in [1.82, 2.24) is 4.98 Å². The summed E-state index contributed by atoms with van der Waals surface area (Å²) < 4.78 is 0. The van der Waals surface area contributed by atoms with Crippen molar-refractivity contribution in [2.45, 2.75) is 20.4 Å². The van der Waals surface area contributed by atoms with E-state index in [9.17, 15) is 0 Å². The summed E-state index contributed by atoms with van der Waals surface area (Å²) in [5.41, 5.74) is 2.46. The lowest BCUT2D eigenvalue weighted by Crippen LogP contribution is -2.81. The van der Waals surface area contributed by atoms with Crippen LogP contribution >= 0.6 is 0 Å². The van der Waals surface area contributed by atoms with Crippen molar-refractivity contribution < 1.29 is 5.32 Å². The minimum Gasteiger partial charge on any atom is -0.343 e. The van der Waals surface area contributed by atoms with Crippen LogP contribution in [0.15, 0.2) is 18.3 Å². The molecule has 11 heavy (non-hydrogen) atoms. The van der Waals surface area contributed by atoms with E-state index in [-0.39, 0.29) is 0 Å². The van der Waals surface area contributed by atoms with E-state index < -0.39 is 0 Å². The van der Waals surface area contributed by atoms with Crippen molar-refractivity contribution in [2.24, 2.45) is 0 Å². The molecule has 0 atom stereocenters. The summed E-state index contributed by atoms with van der Waals surface area (Å²) in [7, 11) is 0. The molecule has 2 N–H and O–H groups in total. The van der Waals surface area contributed by atoms with E-state index in [1.54, 1.807) is 0 Å². The summed E-state index contributed by atoms with van der Waals surface area (Å²) in [5, 5.41) is 2.27. The third-order valence-corrected chi connectivity index (χ3v) is 1.63. The van der Waals surface area contributed by atoms with Gasteiger partial charge in [-0.2, -0.15) is 0 Å². The van der Waals surface area contributed by atoms with Crippen LogP contribution in [0.4, 0.5) is 0 Å². The second-order valence-corrected chi connectivity index (χ2v) is 2.71. The van der Waals surface area contributed by atoms with E-state index in [1.807, 2.05) is 13.1 Å². The Morgan fingerprint density at radius 3 is 3.00 bits per heavy atom. The Kier molecular flexibility index (Phi) is 3.05. The number of nitrogens with two attached hydrogens (primary N) is 1. The topological polar surface area (TPSA) is 29.5 Å². The van der Waals surface area contributed by atoms with E-state index >= 15 is 0 Å². The number of aromatic nitrogens is 1. The zero-order chi connectivity index (χ0) is 8.10. The van der Waals surface area contributed by atoms with Gasteiger partial charge in [0.25, 0.3) is 0 Å². The average Bonchev–Trinajstić information content (AvgIpc) is 2.01. The van der Waals surface area contributed by atoms with Crippen LogP contribution in [0.1, 0.15) is 18.2 Å². The summed E-state index contributed by atoms with van der Waals surface area (Å²) in [4.78, 5) is 4.13. The molecular weight excluding hydrogens is 136 g/mol. The molecule has 0 bridgehead atoms. The van der Waals surface area contributed by atoms with Gasteiger partial charge in [-0.25, -0.2) is 0 Å². The van der Waals surface area contributed by atoms with Crippen molar-refractivity contribution in [2.75, 3.05) is 6.54 Å². The molecule has 2 heteroatoms. The molecule has 1 aromatic heterocycles. The highest BCUT2D eigenvalue weighted by molar-refractivity contribution is 5.13. The van der Waals surface area contributed by atoms with Crippen molar-refractivity contribution >= 4 is 0 Å². The number of hydrogen-bond donors (Lipinski definition) is 1. The number of nitrogens with zero attached hydrogens (tertiary/aromatic N) is 1. The second kappa shape index (κ2) is 4.09. The molecule has 0 saturated carbocycles. The standard InChI is InChI=1S/C9H14N2/c1-3-10-7-9-4-5-11-8(2)6-9/h4-6,10H,3,7H2,1-2H3/p+1. The van der Waals surface area contributed by atoms with E-state index in [0.29, 0.717) is 0 Å². The van der Waals surface area contributed by atoms with Crippen LogP contribution in [0, 0.1) is 6.92 Å². The van der Waals surface area contributed by atoms with Crippen molar-refractivity contribution in [3.63, 3.8) is 0 Å². The molecule has 0 spiro atoms. The molecule has 0 unspecified atom stereocenters. The van der Waals surface area contributed by atoms with Gasteiger partial charge in [0.2, 0.25) is 0 Å². The normalized spacial score (nSPS) is 10.0. The van der Waals surface area contributed by atoms with Gasteiger partial charge >= 0.3 is 0 Å². The fourth-order valence-corrected chi connectivity index (χ4v) is 1.04. The monoisotopic (exact) mass is 151 g/mol. The van der Waals surface area contributed by atoms with Gasteiger partial charge in [-0.3, -0.25) is 4.98 Å². The first-order valence-electron chi connectivity index (χ1n) is 4.06. The van der Waals surface area contributed by atoms with Crippen molar-refractivity contribution in [3.8, 4) is 0 Å². The molecule has 1 heterocycles. The summed E-state index contributed by atoms with van der Waals surface area (Å²) >= 11 is 0. The maximum absolute atomic E-state index is 4.13. The first kappa shape index (κ1) is 8.21. The predicted molar refractivity (Wildman–Crippen MR) is 45.1 cm³/mol. The van der Waals surface area contributed by atoms with Gasteiger partial charge in [-0.15, -0.1) is 0 Å². The highest BCUT2D eigenvalue weighted by Gasteiger charge is 1.93. The first-order valence-corrected chi connectivity index (χ1v) is 4.06. The summed E-state index contributed by atoms with van der Waals surface area (Å²) in [6.45, 7) is 6.39. The lowest BCUT2D eigenvalue weighted by Gasteiger charge is -1.98. The molecule has 0 aromatic carbocycles. The zero-order valence-corrected chi connectivity index (χ0v) is 7.17. The Morgan fingerprint density at radius 2 is 2.36 bits per heavy atom. The van der Waals surface area contributed by atoms with Crippen LogP contribution < -0.4 is 5.32 Å². The Hall–Kier alpha value is -0.890.